The van der Waals surface area contributed by atoms with Crippen LogP contribution in [-0.4, -0.2) is 32.4 Å². The first-order valence-corrected chi connectivity index (χ1v) is 8.10. The maximum Gasteiger partial charge on any atom is 0.241 e. The number of carbonyl (C=O) groups is 1. The van der Waals surface area contributed by atoms with Crippen molar-refractivity contribution < 1.29 is 13.2 Å². The van der Waals surface area contributed by atoms with Gasteiger partial charge in [0, 0.05) is 11.9 Å². The summed E-state index contributed by atoms with van der Waals surface area (Å²) >= 11 is 5.77. The number of nitrogens with zero attached hydrogens (tertiary/aromatic N) is 1. The van der Waals surface area contributed by atoms with Crippen molar-refractivity contribution in [1.82, 2.24) is 0 Å². The molecule has 0 bridgehead atoms. The van der Waals surface area contributed by atoms with Crippen LogP contribution in [0.25, 0.3) is 0 Å². The van der Waals surface area contributed by atoms with Gasteiger partial charge in [-0.25, -0.2) is 8.42 Å². The highest BCUT2D eigenvalue weighted by molar-refractivity contribution is 7.90. The van der Waals surface area contributed by atoms with Gasteiger partial charge >= 0.3 is 0 Å². The normalized spacial score (nSPS) is 12.5. The van der Waals surface area contributed by atoms with Gasteiger partial charge in [-0.3, -0.25) is 4.79 Å². The van der Waals surface area contributed by atoms with Crippen molar-refractivity contribution in [2.75, 3.05) is 17.3 Å². The zero-order valence-electron chi connectivity index (χ0n) is 10.8. The number of benzene rings is 1. The van der Waals surface area contributed by atoms with Gasteiger partial charge in [0.2, 0.25) is 5.91 Å². The number of carbonyl (C=O) groups excluding carboxylic acids is 1. The van der Waals surface area contributed by atoms with E-state index in [1.54, 1.807) is 0 Å². The van der Waals surface area contributed by atoms with Gasteiger partial charge in [-0.1, -0.05) is 11.6 Å². The fourth-order valence-electron chi connectivity index (χ4n) is 1.40. The van der Waals surface area contributed by atoms with E-state index in [1.165, 1.54) is 18.2 Å². The summed E-state index contributed by atoms with van der Waals surface area (Å²) in [5, 5.41) is 11.6. The summed E-state index contributed by atoms with van der Waals surface area (Å²) in [6.45, 7) is 0. The molecule has 0 heterocycles. The zero-order valence-corrected chi connectivity index (χ0v) is 12.3. The third-order valence-electron chi connectivity index (χ3n) is 2.49. The van der Waals surface area contributed by atoms with Crippen LogP contribution >= 0.6 is 11.6 Å². The third-order valence-corrected chi connectivity index (χ3v) is 3.80. The molecule has 1 unspecified atom stereocenters. The fourth-order valence-corrected chi connectivity index (χ4v) is 2.24. The van der Waals surface area contributed by atoms with Crippen molar-refractivity contribution in [3.05, 3.63) is 28.8 Å². The van der Waals surface area contributed by atoms with Crippen LogP contribution in [0.3, 0.4) is 0 Å². The standard InChI is InChI=1S/C12H14ClN3O3S/c1-20(18,19)5-4-11(15)12(17)16-9-2-3-10(13)8(6-9)7-14/h2-3,6,11H,4-5,15H2,1H3,(H,16,17). The van der Waals surface area contributed by atoms with Crippen molar-refractivity contribution in [1.29, 1.82) is 5.26 Å². The maximum absolute atomic E-state index is 11.8. The number of nitrogens with two attached hydrogens (primary N) is 1. The molecule has 1 aromatic carbocycles. The molecule has 0 saturated heterocycles. The largest absolute Gasteiger partial charge is 0.325 e. The van der Waals surface area contributed by atoms with Gasteiger partial charge in [-0.05, 0) is 24.6 Å². The second-order valence-electron chi connectivity index (χ2n) is 4.32. The lowest BCUT2D eigenvalue weighted by molar-refractivity contribution is -0.117. The van der Waals surface area contributed by atoms with Gasteiger partial charge in [-0.15, -0.1) is 0 Å². The van der Waals surface area contributed by atoms with Crippen molar-refractivity contribution in [3.8, 4) is 6.07 Å². The van der Waals surface area contributed by atoms with E-state index in [-0.39, 0.29) is 22.8 Å². The van der Waals surface area contributed by atoms with Crippen molar-refractivity contribution in [2.45, 2.75) is 12.5 Å². The summed E-state index contributed by atoms with van der Waals surface area (Å²) in [5.41, 5.74) is 6.22. The summed E-state index contributed by atoms with van der Waals surface area (Å²) in [4.78, 5) is 11.8. The molecule has 3 N–H and O–H groups in total. The number of sulfone groups is 1. The van der Waals surface area contributed by atoms with E-state index < -0.39 is 21.8 Å². The van der Waals surface area contributed by atoms with E-state index in [1.807, 2.05) is 6.07 Å². The van der Waals surface area contributed by atoms with Gasteiger partial charge in [-0.2, -0.15) is 5.26 Å². The molecule has 1 atom stereocenters. The SMILES string of the molecule is CS(=O)(=O)CCC(N)C(=O)Nc1ccc(Cl)c(C#N)c1. The van der Waals surface area contributed by atoms with E-state index in [2.05, 4.69) is 5.32 Å². The van der Waals surface area contributed by atoms with E-state index in [9.17, 15) is 13.2 Å². The minimum Gasteiger partial charge on any atom is -0.325 e. The van der Waals surface area contributed by atoms with Gasteiger partial charge in [0.15, 0.2) is 0 Å². The van der Waals surface area contributed by atoms with Crippen molar-refractivity contribution in [2.24, 2.45) is 5.73 Å². The first kappa shape index (κ1) is 16.4. The lowest BCUT2D eigenvalue weighted by Gasteiger charge is -2.12. The Bertz CT molecular complexity index is 652. The Balaban J connectivity index is 2.69. The number of anilines is 1. The van der Waals surface area contributed by atoms with Crippen molar-refractivity contribution >= 4 is 33.0 Å². The van der Waals surface area contributed by atoms with E-state index in [0.29, 0.717) is 5.69 Å². The van der Waals surface area contributed by atoms with Gasteiger partial charge in [0.1, 0.15) is 15.9 Å². The molecule has 108 valence electrons. The second kappa shape index (κ2) is 6.70. The number of halogens is 1. The zero-order chi connectivity index (χ0) is 15.3. The van der Waals surface area contributed by atoms with Crippen LogP contribution in [0.2, 0.25) is 5.02 Å². The summed E-state index contributed by atoms with van der Waals surface area (Å²) < 4.78 is 22.0. The maximum atomic E-state index is 11.8. The summed E-state index contributed by atoms with van der Waals surface area (Å²) in [6.07, 6.45) is 1.11. The summed E-state index contributed by atoms with van der Waals surface area (Å²) in [5.74, 6) is -0.675. The van der Waals surface area contributed by atoms with E-state index >= 15 is 0 Å². The van der Waals surface area contributed by atoms with Crippen LogP contribution in [0.1, 0.15) is 12.0 Å². The van der Waals surface area contributed by atoms with Crippen LogP contribution in [0, 0.1) is 11.3 Å². The highest BCUT2D eigenvalue weighted by Gasteiger charge is 2.16. The molecule has 1 amide bonds. The summed E-state index contributed by atoms with van der Waals surface area (Å²) in [6, 6.07) is 5.39. The first-order chi connectivity index (χ1) is 9.23. The molecule has 0 aliphatic heterocycles. The highest BCUT2D eigenvalue weighted by Crippen LogP contribution is 2.19. The lowest BCUT2D eigenvalue weighted by atomic mass is 10.2. The minimum absolute atomic E-state index is 0.0311. The molecule has 1 aromatic rings. The third kappa shape index (κ3) is 5.17. The molecule has 1 rings (SSSR count). The Kier molecular flexibility index (Phi) is 5.51. The molecule has 6 nitrogen and oxygen atoms in total. The molecular formula is C12H14ClN3O3S. The molecule has 0 spiro atoms. The minimum atomic E-state index is -3.16. The lowest BCUT2D eigenvalue weighted by Crippen LogP contribution is -2.37. The molecule has 0 aromatic heterocycles. The molecule has 0 aliphatic rings. The molecule has 8 heteroatoms. The highest BCUT2D eigenvalue weighted by atomic mass is 35.5. The Morgan fingerprint density at radius 2 is 2.20 bits per heavy atom. The Hall–Kier alpha value is -1.62. The monoisotopic (exact) mass is 315 g/mol. The molecule has 0 aliphatic carbocycles. The Labute approximate surface area is 122 Å². The van der Waals surface area contributed by atoms with Crippen LogP contribution in [0.15, 0.2) is 18.2 Å². The van der Waals surface area contributed by atoms with E-state index in [0.717, 1.165) is 6.26 Å². The Morgan fingerprint density at radius 3 is 2.75 bits per heavy atom. The molecule has 20 heavy (non-hydrogen) atoms. The van der Waals surface area contributed by atoms with Crippen LogP contribution in [-0.2, 0) is 14.6 Å². The van der Waals surface area contributed by atoms with Gasteiger partial charge in [0.25, 0.3) is 0 Å². The molecule has 0 radical (unpaired) electrons. The fraction of sp³-hybridized carbons (Fsp3) is 0.333. The number of nitrogens with one attached hydrogen (secondary N) is 1. The van der Waals surface area contributed by atoms with Gasteiger partial charge in [0.05, 0.1) is 22.4 Å². The number of nitriles is 1. The molecular weight excluding hydrogens is 302 g/mol. The smallest absolute Gasteiger partial charge is 0.241 e. The number of hydrogen-bond donors (Lipinski definition) is 2. The Morgan fingerprint density at radius 1 is 1.55 bits per heavy atom. The summed E-state index contributed by atoms with van der Waals surface area (Å²) in [7, 11) is -3.16. The first-order valence-electron chi connectivity index (χ1n) is 5.67. The average Bonchev–Trinajstić information content (AvgIpc) is 2.37. The predicted octanol–water partition coefficient (Wildman–Crippen LogP) is 0.912. The van der Waals surface area contributed by atoms with Crippen LogP contribution < -0.4 is 11.1 Å². The quantitative estimate of drug-likeness (QED) is 0.838. The second-order valence-corrected chi connectivity index (χ2v) is 6.99. The molecule has 0 saturated carbocycles. The number of hydrogen-bond acceptors (Lipinski definition) is 5. The number of amides is 1. The van der Waals surface area contributed by atoms with Crippen LogP contribution in [0.5, 0.6) is 0 Å². The molecule has 0 fully saturated rings. The van der Waals surface area contributed by atoms with Crippen LogP contribution in [0.4, 0.5) is 5.69 Å². The average molecular weight is 316 g/mol. The van der Waals surface area contributed by atoms with Gasteiger partial charge < -0.3 is 11.1 Å². The topological polar surface area (TPSA) is 113 Å². The van der Waals surface area contributed by atoms with E-state index in [4.69, 9.17) is 22.6 Å². The van der Waals surface area contributed by atoms with Crippen molar-refractivity contribution in [3.63, 3.8) is 0 Å². The predicted molar refractivity (Wildman–Crippen MR) is 77.1 cm³/mol. The number of rotatable bonds is 5.